The third-order valence-corrected chi connectivity index (χ3v) is 5.46. The average molecular weight is 306 g/mol. The first-order valence-corrected chi connectivity index (χ1v) is 8.61. The van der Waals surface area contributed by atoms with Crippen molar-refractivity contribution in [2.75, 3.05) is 13.1 Å². The molecule has 0 saturated carbocycles. The zero-order valence-electron chi connectivity index (χ0n) is 12.7. The summed E-state index contributed by atoms with van der Waals surface area (Å²) >= 11 is 0. The molecule has 4 atom stereocenters. The van der Waals surface area contributed by atoms with Gasteiger partial charge in [-0.05, 0) is 24.2 Å². The van der Waals surface area contributed by atoms with Crippen molar-refractivity contribution >= 4 is 16.2 Å². The molecule has 1 fully saturated rings. The molecule has 2 unspecified atom stereocenters. The minimum atomic E-state index is -3.75. The molecule has 1 saturated heterocycles. The van der Waals surface area contributed by atoms with Crippen LogP contribution < -0.4 is 4.72 Å². The van der Waals surface area contributed by atoms with Crippen molar-refractivity contribution in [1.29, 1.82) is 0 Å². The fourth-order valence-corrected chi connectivity index (χ4v) is 4.39. The standard InChI is InChI=1S/C13H26N2O4S/c1-5-11(4)12(13(16)17)14-20(18,19)15-7-9(2)6-10(3)8-15/h9-12,14H,5-8H2,1-4H3,(H,16,17)/t9?,10?,11-,12-/m0/s1. The summed E-state index contributed by atoms with van der Waals surface area (Å²) in [6.07, 6.45) is 1.60. The SMILES string of the molecule is CC[C@H](C)[C@H](NS(=O)(=O)N1CC(C)CC(C)C1)C(=O)O. The van der Waals surface area contributed by atoms with Crippen LogP contribution in [0, 0.1) is 17.8 Å². The lowest BCUT2D eigenvalue weighted by Crippen LogP contribution is -2.53. The highest BCUT2D eigenvalue weighted by atomic mass is 32.2. The van der Waals surface area contributed by atoms with E-state index < -0.39 is 22.2 Å². The number of nitrogens with one attached hydrogen (secondary N) is 1. The first kappa shape index (κ1) is 17.4. The predicted molar refractivity (Wildman–Crippen MR) is 77.5 cm³/mol. The van der Waals surface area contributed by atoms with E-state index in [4.69, 9.17) is 0 Å². The number of carboxylic acids is 1. The molecule has 0 aromatic heterocycles. The van der Waals surface area contributed by atoms with Gasteiger partial charge in [0.1, 0.15) is 6.04 Å². The lowest BCUT2D eigenvalue weighted by Gasteiger charge is -2.35. The summed E-state index contributed by atoms with van der Waals surface area (Å²) in [5.41, 5.74) is 0. The molecule has 6 nitrogen and oxygen atoms in total. The molecule has 0 bridgehead atoms. The largest absolute Gasteiger partial charge is 0.480 e. The number of aliphatic carboxylic acids is 1. The van der Waals surface area contributed by atoms with Gasteiger partial charge in [-0.15, -0.1) is 0 Å². The highest BCUT2D eigenvalue weighted by molar-refractivity contribution is 7.87. The quantitative estimate of drug-likeness (QED) is 0.774. The number of carboxylic acid groups (broad SMARTS) is 1. The number of piperidine rings is 1. The Morgan fingerprint density at radius 2 is 1.85 bits per heavy atom. The van der Waals surface area contributed by atoms with Crippen molar-refractivity contribution in [2.24, 2.45) is 17.8 Å². The molecule has 7 heteroatoms. The summed E-state index contributed by atoms with van der Waals surface area (Å²) in [5, 5.41) is 9.19. The third kappa shape index (κ3) is 4.43. The topological polar surface area (TPSA) is 86.7 Å². The summed E-state index contributed by atoms with van der Waals surface area (Å²) in [6.45, 7) is 8.52. The number of nitrogens with zero attached hydrogens (tertiary/aromatic N) is 1. The Balaban J connectivity index is 2.84. The molecule has 0 radical (unpaired) electrons. The fraction of sp³-hybridized carbons (Fsp3) is 0.923. The fourth-order valence-electron chi connectivity index (χ4n) is 2.68. The van der Waals surface area contributed by atoms with Crippen LogP contribution in [0.2, 0.25) is 0 Å². The molecule has 0 aromatic carbocycles. The highest BCUT2D eigenvalue weighted by Crippen LogP contribution is 2.23. The van der Waals surface area contributed by atoms with Gasteiger partial charge in [0.25, 0.3) is 10.2 Å². The van der Waals surface area contributed by atoms with E-state index in [1.165, 1.54) is 4.31 Å². The third-order valence-electron chi connectivity index (χ3n) is 3.93. The van der Waals surface area contributed by atoms with Gasteiger partial charge in [0, 0.05) is 13.1 Å². The van der Waals surface area contributed by atoms with Crippen LogP contribution in [0.15, 0.2) is 0 Å². The smallest absolute Gasteiger partial charge is 0.322 e. The van der Waals surface area contributed by atoms with Gasteiger partial charge in [-0.25, -0.2) is 0 Å². The molecule has 20 heavy (non-hydrogen) atoms. The van der Waals surface area contributed by atoms with E-state index in [2.05, 4.69) is 4.72 Å². The summed E-state index contributed by atoms with van der Waals surface area (Å²) in [5.74, 6) is -0.785. The first-order chi connectivity index (χ1) is 9.17. The second-order valence-electron chi connectivity index (χ2n) is 6.09. The lowest BCUT2D eigenvalue weighted by atomic mass is 9.94. The summed E-state index contributed by atoms with van der Waals surface area (Å²) in [7, 11) is -3.75. The maximum Gasteiger partial charge on any atom is 0.322 e. The number of hydrogen-bond donors (Lipinski definition) is 2. The molecule has 1 heterocycles. The summed E-state index contributed by atoms with van der Waals surface area (Å²) < 4.78 is 28.5. The van der Waals surface area contributed by atoms with E-state index in [1.807, 2.05) is 20.8 Å². The van der Waals surface area contributed by atoms with Crippen LogP contribution in [0.4, 0.5) is 0 Å². The van der Waals surface area contributed by atoms with Crippen LogP contribution in [0.5, 0.6) is 0 Å². The van der Waals surface area contributed by atoms with Gasteiger partial charge in [-0.3, -0.25) is 4.79 Å². The van der Waals surface area contributed by atoms with Gasteiger partial charge in [-0.1, -0.05) is 34.1 Å². The maximum absolute atomic E-state index is 12.4. The van der Waals surface area contributed by atoms with Gasteiger partial charge >= 0.3 is 5.97 Å². The van der Waals surface area contributed by atoms with E-state index in [-0.39, 0.29) is 5.92 Å². The van der Waals surface area contributed by atoms with E-state index in [0.717, 1.165) is 6.42 Å². The molecule has 0 aliphatic carbocycles. The van der Waals surface area contributed by atoms with Crippen molar-refractivity contribution in [3.63, 3.8) is 0 Å². The molecule has 0 aromatic rings. The van der Waals surface area contributed by atoms with Crippen LogP contribution in [0.1, 0.15) is 40.5 Å². The van der Waals surface area contributed by atoms with Crippen LogP contribution in [-0.4, -0.2) is 42.9 Å². The molecule has 2 N–H and O–H groups in total. The Hall–Kier alpha value is -0.660. The van der Waals surface area contributed by atoms with Crippen molar-refractivity contribution in [3.05, 3.63) is 0 Å². The van der Waals surface area contributed by atoms with Gasteiger partial charge in [0.2, 0.25) is 0 Å². The molecule has 0 amide bonds. The highest BCUT2D eigenvalue weighted by Gasteiger charge is 2.35. The molecule has 118 valence electrons. The van der Waals surface area contributed by atoms with Crippen LogP contribution in [-0.2, 0) is 15.0 Å². The summed E-state index contributed by atoms with van der Waals surface area (Å²) in [6, 6.07) is -1.07. The molecule has 1 aliphatic heterocycles. The van der Waals surface area contributed by atoms with E-state index >= 15 is 0 Å². The second-order valence-corrected chi connectivity index (χ2v) is 7.79. The normalized spacial score (nSPS) is 28.0. The van der Waals surface area contributed by atoms with Crippen molar-refractivity contribution in [1.82, 2.24) is 9.03 Å². The van der Waals surface area contributed by atoms with E-state index in [1.54, 1.807) is 6.92 Å². The first-order valence-electron chi connectivity index (χ1n) is 7.17. The number of hydrogen-bond acceptors (Lipinski definition) is 3. The summed E-state index contributed by atoms with van der Waals surface area (Å²) in [4.78, 5) is 11.2. The average Bonchev–Trinajstić information content (AvgIpc) is 2.33. The second kappa shape index (κ2) is 6.87. The van der Waals surface area contributed by atoms with Crippen LogP contribution in [0.3, 0.4) is 0 Å². The Morgan fingerprint density at radius 3 is 2.25 bits per heavy atom. The minimum absolute atomic E-state index is 0.248. The molecule has 1 aliphatic rings. The Kier molecular flexibility index (Phi) is 5.97. The van der Waals surface area contributed by atoms with Crippen LogP contribution >= 0.6 is 0 Å². The van der Waals surface area contributed by atoms with Gasteiger partial charge in [-0.2, -0.15) is 17.4 Å². The van der Waals surface area contributed by atoms with E-state index in [9.17, 15) is 18.3 Å². The zero-order valence-corrected chi connectivity index (χ0v) is 13.5. The van der Waals surface area contributed by atoms with Crippen LogP contribution in [0.25, 0.3) is 0 Å². The molecular formula is C13H26N2O4S. The van der Waals surface area contributed by atoms with Crippen molar-refractivity contribution < 1.29 is 18.3 Å². The lowest BCUT2D eigenvalue weighted by molar-refractivity contribution is -0.140. The minimum Gasteiger partial charge on any atom is -0.480 e. The predicted octanol–water partition coefficient (Wildman–Crippen LogP) is 1.30. The van der Waals surface area contributed by atoms with Crippen molar-refractivity contribution in [2.45, 2.75) is 46.6 Å². The number of rotatable bonds is 6. The van der Waals surface area contributed by atoms with Gasteiger partial charge in [0.05, 0.1) is 0 Å². The number of carbonyl (C=O) groups is 1. The van der Waals surface area contributed by atoms with Gasteiger partial charge < -0.3 is 5.11 Å². The molecular weight excluding hydrogens is 280 g/mol. The van der Waals surface area contributed by atoms with Gasteiger partial charge in [0.15, 0.2) is 0 Å². The Labute approximate surface area is 121 Å². The Bertz CT molecular complexity index is 428. The van der Waals surface area contributed by atoms with E-state index in [0.29, 0.717) is 31.3 Å². The van der Waals surface area contributed by atoms with Crippen molar-refractivity contribution in [3.8, 4) is 0 Å². The maximum atomic E-state index is 12.4. The monoisotopic (exact) mass is 306 g/mol. The molecule has 1 rings (SSSR count). The Morgan fingerprint density at radius 1 is 1.35 bits per heavy atom. The molecule has 0 spiro atoms. The zero-order chi connectivity index (χ0) is 15.5.